The van der Waals surface area contributed by atoms with Gasteiger partial charge in [0.1, 0.15) is 5.82 Å². The van der Waals surface area contributed by atoms with Crippen molar-refractivity contribution in [1.29, 1.82) is 0 Å². The molecule has 0 spiro atoms. The predicted molar refractivity (Wildman–Crippen MR) is 128 cm³/mol. The van der Waals surface area contributed by atoms with Crippen LogP contribution in [0.25, 0.3) is 11.3 Å². The molecule has 1 amide bonds. The number of nitrogens with zero attached hydrogens (tertiary/aromatic N) is 3. The van der Waals surface area contributed by atoms with E-state index in [4.69, 9.17) is 14.5 Å². The molecule has 1 aromatic heterocycles. The molecule has 3 aromatic rings. The Morgan fingerprint density at radius 1 is 1.03 bits per heavy atom. The smallest absolute Gasteiger partial charge is 0.235 e. The van der Waals surface area contributed by atoms with Crippen molar-refractivity contribution in [3.63, 3.8) is 0 Å². The number of amides is 1. The minimum atomic E-state index is -3.25. The molecule has 1 saturated carbocycles. The van der Waals surface area contributed by atoms with E-state index in [0.717, 1.165) is 29.7 Å². The molecule has 9 heteroatoms. The highest BCUT2D eigenvalue weighted by atomic mass is 32.2. The summed E-state index contributed by atoms with van der Waals surface area (Å²) in [5.74, 6) is 1.82. The quantitative estimate of drug-likeness (QED) is 0.510. The van der Waals surface area contributed by atoms with Gasteiger partial charge in [-0.3, -0.25) is 9.69 Å². The van der Waals surface area contributed by atoms with Crippen molar-refractivity contribution in [2.75, 3.05) is 25.0 Å². The SMILES string of the molecule is CN(Cc1ccc(-c2cccc(N(C(=O)C3CC3)c3ccc4c(c3)OCO4)n2)cc1)S(C)(=O)=O. The van der Waals surface area contributed by atoms with E-state index in [9.17, 15) is 13.2 Å². The Kier molecular flexibility index (Phi) is 5.75. The molecule has 0 N–H and O–H groups in total. The fourth-order valence-corrected chi connectivity index (χ4v) is 4.16. The Hall–Kier alpha value is -3.43. The first-order valence-corrected chi connectivity index (χ1v) is 12.9. The zero-order valence-electron chi connectivity index (χ0n) is 19.0. The lowest BCUT2D eigenvalue weighted by atomic mass is 10.1. The second-order valence-electron chi connectivity index (χ2n) is 8.58. The molecule has 1 fully saturated rings. The molecule has 0 saturated heterocycles. The minimum Gasteiger partial charge on any atom is -0.454 e. The summed E-state index contributed by atoms with van der Waals surface area (Å²) < 4.78 is 35.6. The first kappa shape index (κ1) is 22.4. The van der Waals surface area contributed by atoms with Gasteiger partial charge >= 0.3 is 0 Å². The van der Waals surface area contributed by atoms with Crippen LogP contribution in [0.15, 0.2) is 60.7 Å². The fourth-order valence-electron chi connectivity index (χ4n) is 3.77. The van der Waals surface area contributed by atoms with E-state index in [1.807, 2.05) is 54.6 Å². The number of rotatable bonds is 7. The second kappa shape index (κ2) is 8.73. The molecular formula is C25H25N3O5S. The number of ether oxygens (including phenoxy) is 2. The van der Waals surface area contributed by atoms with Crippen LogP contribution in [0.4, 0.5) is 11.5 Å². The first-order chi connectivity index (χ1) is 16.3. The molecular weight excluding hydrogens is 454 g/mol. The summed E-state index contributed by atoms with van der Waals surface area (Å²) in [6, 6.07) is 18.6. The molecule has 0 radical (unpaired) electrons. The number of pyridine rings is 1. The maximum Gasteiger partial charge on any atom is 0.235 e. The molecule has 8 nitrogen and oxygen atoms in total. The third-order valence-electron chi connectivity index (χ3n) is 5.95. The first-order valence-electron chi connectivity index (χ1n) is 11.0. The molecule has 2 aromatic carbocycles. The molecule has 1 aliphatic carbocycles. The Morgan fingerprint density at radius 3 is 2.47 bits per heavy atom. The summed E-state index contributed by atoms with van der Waals surface area (Å²) in [5, 5.41) is 0. The summed E-state index contributed by atoms with van der Waals surface area (Å²) in [6.07, 6.45) is 2.94. The maximum atomic E-state index is 13.2. The van der Waals surface area contributed by atoms with Gasteiger partial charge in [0.15, 0.2) is 11.5 Å². The lowest BCUT2D eigenvalue weighted by Gasteiger charge is -2.23. The minimum absolute atomic E-state index is 0.00185. The number of aromatic nitrogens is 1. The molecule has 176 valence electrons. The largest absolute Gasteiger partial charge is 0.454 e. The van der Waals surface area contributed by atoms with Gasteiger partial charge in [-0.05, 0) is 42.7 Å². The highest BCUT2D eigenvalue weighted by Crippen LogP contribution is 2.40. The number of carbonyl (C=O) groups is 1. The molecule has 0 atom stereocenters. The monoisotopic (exact) mass is 479 g/mol. The fraction of sp³-hybridized carbons (Fsp3) is 0.280. The topological polar surface area (TPSA) is 89.0 Å². The molecule has 0 bridgehead atoms. The zero-order valence-corrected chi connectivity index (χ0v) is 19.8. The van der Waals surface area contributed by atoms with Gasteiger partial charge in [-0.2, -0.15) is 0 Å². The van der Waals surface area contributed by atoms with E-state index in [2.05, 4.69) is 0 Å². The van der Waals surface area contributed by atoms with Crippen LogP contribution >= 0.6 is 0 Å². The van der Waals surface area contributed by atoms with Crippen molar-refractivity contribution < 1.29 is 22.7 Å². The van der Waals surface area contributed by atoms with Gasteiger partial charge in [0, 0.05) is 31.1 Å². The Balaban J connectivity index is 1.45. The van der Waals surface area contributed by atoms with E-state index >= 15 is 0 Å². The van der Waals surface area contributed by atoms with Gasteiger partial charge in [-0.1, -0.05) is 30.3 Å². The molecule has 2 aliphatic rings. The molecule has 5 rings (SSSR count). The lowest BCUT2D eigenvalue weighted by molar-refractivity contribution is -0.119. The molecule has 1 aliphatic heterocycles. The summed E-state index contributed by atoms with van der Waals surface area (Å²) in [4.78, 5) is 19.7. The highest BCUT2D eigenvalue weighted by Gasteiger charge is 2.36. The summed E-state index contributed by atoms with van der Waals surface area (Å²) in [6.45, 7) is 0.458. The Labute approximate surface area is 198 Å². The maximum absolute atomic E-state index is 13.2. The number of hydrogen-bond acceptors (Lipinski definition) is 6. The zero-order chi connectivity index (χ0) is 23.9. The second-order valence-corrected chi connectivity index (χ2v) is 10.7. The number of sulfonamides is 1. The van der Waals surface area contributed by atoms with Gasteiger partial charge in [0.05, 0.1) is 17.6 Å². The molecule has 34 heavy (non-hydrogen) atoms. The van der Waals surface area contributed by atoms with Crippen LogP contribution in [-0.2, 0) is 21.4 Å². The average Bonchev–Trinajstić information content (AvgIpc) is 3.57. The van der Waals surface area contributed by atoms with Crippen molar-refractivity contribution >= 4 is 27.4 Å². The van der Waals surface area contributed by atoms with E-state index in [0.29, 0.717) is 29.5 Å². The van der Waals surface area contributed by atoms with Crippen LogP contribution in [0.1, 0.15) is 18.4 Å². The Morgan fingerprint density at radius 2 is 1.76 bits per heavy atom. The van der Waals surface area contributed by atoms with Crippen LogP contribution in [0, 0.1) is 5.92 Å². The number of benzene rings is 2. The predicted octanol–water partition coefficient (Wildman–Crippen LogP) is 3.94. The van der Waals surface area contributed by atoms with Crippen LogP contribution < -0.4 is 14.4 Å². The van der Waals surface area contributed by atoms with Gasteiger partial charge in [-0.15, -0.1) is 0 Å². The summed E-state index contributed by atoms with van der Waals surface area (Å²) >= 11 is 0. The van der Waals surface area contributed by atoms with E-state index in [1.54, 1.807) is 18.0 Å². The summed E-state index contributed by atoms with van der Waals surface area (Å²) in [7, 11) is -1.70. The van der Waals surface area contributed by atoms with Crippen molar-refractivity contribution in [3.8, 4) is 22.8 Å². The van der Waals surface area contributed by atoms with Gasteiger partial charge in [0.2, 0.25) is 22.7 Å². The van der Waals surface area contributed by atoms with Crippen molar-refractivity contribution in [2.45, 2.75) is 19.4 Å². The average molecular weight is 480 g/mol. The summed E-state index contributed by atoms with van der Waals surface area (Å²) in [5.41, 5.74) is 3.15. The van der Waals surface area contributed by atoms with Crippen LogP contribution in [-0.4, -0.2) is 43.7 Å². The number of fused-ring (bicyclic) bond motifs is 1. The lowest BCUT2D eigenvalue weighted by Crippen LogP contribution is -2.28. The van der Waals surface area contributed by atoms with Crippen LogP contribution in [0.2, 0.25) is 0 Å². The van der Waals surface area contributed by atoms with Crippen molar-refractivity contribution in [1.82, 2.24) is 9.29 Å². The third-order valence-corrected chi connectivity index (χ3v) is 7.21. The van der Waals surface area contributed by atoms with Crippen LogP contribution in [0.5, 0.6) is 11.5 Å². The molecule has 2 heterocycles. The van der Waals surface area contributed by atoms with Gasteiger partial charge in [0.25, 0.3) is 0 Å². The normalized spacial score (nSPS) is 14.9. The van der Waals surface area contributed by atoms with E-state index < -0.39 is 10.0 Å². The number of carbonyl (C=O) groups excluding carboxylic acids is 1. The van der Waals surface area contributed by atoms with E-state index in [1.165, 1.54) is 10.6 Å². The Bertz CT molecular complexity index is 1340. The molecule has 0 unspecified atom stereocenters. The number of anilines is 2. The van der Waals surface area contributed by atoms with Crippen molar-refractivity contribution in [3.05, 3.63) is 66.2 Å². The third kappa shape index (κ3) is 4.62. The van der Waals surface area contributed by atoms with Crippen molar-refractivity contribution in [2.24, 2.45) is 5.92 Å². The van der Waals surface area contributed by atoms with Gasteiger partial charge in [-0.25, -0.2) is 17.7 Å². The standard InChI is InChI=1S/C25H25N3O5S/c1-27(34(2,30)31)15-17-6-8-18(9-7-17)21-4-3-5-24(26-21)28(25(29)19-10-11-19)20-12-13-22-23(14-20)33-16-32-22/h3-9,12-14,19H,10-11,15-16H2,1-2H3. The van der Waals surface area contributed by atoms with Crippen LogP contribution in [0.3, 0.4) is 0 Å². The van der Waals surface area contributed by atoms with Gasteiger partial charge < -0.3 is 9.47 Å². The highest BCUT2D eigenvalue weighted by molar-refractivity contribution is 7.88. The van der Waals surface area contributed by atoms with E-state index in [-0.39, 0.29) is 18.6 Å². The number of hydrogen-bond donors (Lipinski definition) is 0.